The first-order valence-corrected chi connectivity index (χ1v) is 8.66. The second-order valence-corrected chi connectivity index (χ2v) is 6.03. The molecule has 0 fully saturated rings. The summed E-state index contributed by atoms with van der Waals surface area (Å²) in [6.07, 6.45) is 6.01. The molecule has 0 amide bonds. The van der Waals surface area contributed by atoms with E-state index < -0.39 is 0 Å². The van der Waals surface area contributed by atoms with Crippen LogP contribution in [0.25, 0.3) is 16.8 Å². The van der Waals surface area contributed by atoms with Gasteiger partial charge < -0.3 is 14.8 Å². The molecular weight excluding hydrogens is 344 g/mol. The van der Waals surface area contributed by atoms with Crippen LogP contribution in [0, 0.1) is 0 Å². The van der Waals surface area contributed by atoms with Crippen molar-refractivity contribution in [2.24, 2.45) is 0 Å². The first-order chi connectivity index (χ1) is 13.4. The van der Waals surface area contributed by atoms with Crippen molar-refractivity contribution in [3.05, 3.63) is 55.0 Å². The molecule has 134 valence electrons. The molecule has 0 radical (unpaired) electrons. The largest absolute Gasteiger partial charge is 0.489 e. The van der Waals surface area contributed by atoms with Gasteiger partial charge in [-0.25, -0.2) is 9.97 Å². The highest BCUT2D eigenvalue weighted by molar-refractivity contribution is 5.78. The monoisotopic (exact) mass is 360 g/mol. The summed E-state index contributed by atoms with van der Waals surface area (Å²) in [5, 5.41) is 11.7. The van der Waals surface area contributed by atoms with Crippen molar-refractivity contribution in [1.29, 1.82) is 0 Å². The second kappa shape index (κ2) is 6.56. The average molecular weight is 360 g/mol. The Morgan fingerprint density at radius 1 is 0.963 bits per heavy atom. The number of para-hydroxylation sites is 1. The number of nitrogens with one attached hydrogen (secondary N) is 1. The number of hydrogen-bond donors (Lipinski definition) is 1. The summed E-state index contributed by atoms with van der Waals surface area (Å²) in [6, 6.07) is 11.4. The lowest BCUT2D eigenvalue weighted by Crippen LogP contribution is -2.01. The van der Waals surface area contributed by atoms with Crippen molar-refractivity contribution in [3.63, 3.8) is 0 Å². The Bertz CT molecular complexity index is 1110. The molecule has 3 aromatic heterocycles. The summed E-state index contributed by atoms with van der Waals surface area (Å²) in [5.41, 5.74) is 3.30. The fourth-order valence-corrected chi connectivity index (χ4v) is 3.01. The van der Waals surface area contributed by atoms with Crippen molar-refractivity contribution < 1.29 is 9.47 Å². The van der Waals surface area contributed by atoms with Crippen LogP contribution in [0.15, 0.2) is 55.0 Å². The third-order valence-electron chi connectivity index (χ3n) is 4.25. The third-order valence-corrected chi connectivity index (χ3v) is 4.25. The lowest BCUT2D eigenvalue weighted by Gasteiger charge is -2.13. The number of hydrogen-bond acceptors (Lipinski definition) is 7. The zero-order chi connectivity index (χ0) is 18.1. The van der Waals surface area contributed by atoms with Gasteiger partial charge in [0, 0.05) is 24.4 Å². The number of ether oxygens (including phenoxy) is 2. The third kappa shape index (κ3) is 2.91. The van der Waals surface area contributed by atoms with Crippen LogP contribution in [-0.4, -0.2) is 38.0 Å². The second-order valence-electron chi connectivity index (χ2n) is 6.03. The van der Waals surface area contributed by atoms with E-state index >= 15 is 0 Å². The average Bonchev–Trinajstić information content (AvgIpc) is 2.98. The van der Waals surface area contributed by atoms with Gasteiger partial charge in [-0.3, -0.25) is 0 Å². The first-order valence-electron chi connectivity index (χ1n) is 8.66. The van der Waals surface area contributed by atoms with Gasteiger partial charge in [-0.2, -0.15) is 14.8 Å². The van der Waals surface area contributed by atoms with E-state index in [0.29, 0.717) is 24.9 Å². The molecular formula is C19H16N6O2. The van der Waals surface area contributed by atoms with Gasteiger partial charge in [-0.1, -0.05) is 6.07 Å². The molecule has 0 aliphatic carbocycles. The fourth-order valence-electron chi connectivity index (χ4n) is 3.01. The van der Waals surface area contributed by atoms with Crippen LogP contribution in [0.3, 0.4) is 0 Å². The number of anilines is 2. The molecule has 8 heteroatoms. The van der Waals surface area contributed by atoms with Crippen LogP contribution in [0.1, 0.15) is 6.42 Å². The molecule has 0 atom stereocenters. The zero-order valence-electron chi connectivity index (χ0n) is 14.4. The Kier molecular flexibility index (Phi) is 3.78. The van der Waals surface area contributed by atoms with Gasteiger partial charge in [0.15, 0.2) is 11.5 Å². The highest BCUT2D eigenvalue weighted by atomic mass is 16.5. The maximum absolute atomic E-state index is 5.85. The number of benzene rings is 1. The summed E-state index contributed by atoms with van der Waals surface area (Å²) < 4.78 is 13.2. The number of rotatable bonds is 3. The lowest BCUT2D eigenvalue weighted by molar-refractivity contribution is 0.297. The van der Waals surface area contributed by atoms with E-state index in [2.05, 4.69) is 25.5 Å². The van der Waals surface area contributed by atoms with Crippen LogP contribution in [0.2, 0.25) is 0 Å². The number of aromatic nitrogens is 5. The first kappa shape index (κ1) is 15.6. The van der Waals surface area contributed by atoms with Crippen molar-refractivity contribution >= 4 is 17.2 Å². The molecule has 1 aromatic carbocycles. The molecule has 4 heterocycles. The van der Waals surface area contributed by atoms with E-state index in [-0.39, 0.29) is 0 Å². The van der Waals surface area contributed by atoms with Gasteiger partial charge in [-0.15, -0.1) is 0 Å². The molecule has 0 bridgehead atoms. The van der Waals surface area contributed by atoms with Crippen molar-refractivity contribution in [2.45, 2.75) is 6.42 Å². The Labute approximate surface area is 154 Å². The highest BCUT2D eigenvalue weighted by Crippen LogP contribution is 2.38. The predicted octanol–water partition coefficient (Wildman–Crippen LogP) is 3.09. The lowest BCUT2D eigenvalue weighted by atomic mass is 10.2. The van der Waals surface area contributed by atoms with Gasteiger partial charge in [-0.05, 0) is 30.3 Å². The smallest absolute Gasteiger partial charge is 0.227 e. The summed E-state index contributed by atoms with van der Waals surface area (Å²) in [6.45, 7) is 1.26. The maximum Gasteiger partial charge on any atom is 0.227 e. The van der Waals surface area contributed by atoms with E-state index in [1.165, 1.54) is 0 Å². The SMILES string of the molecule is c1cc(Nc2nccc(-c3cnn4ncccc34)n2)c2c(c1)OCCCO2. The standard InChI is InChI=1S/C19H16N6O2/c1-4-15(18-17(6-1)26-10-3-11-27-18)24-19-20-9-7-14(23-19)13-12-22-25-16(13)5-2-8-21-25/h1-2,4-9,12H,3,10-11H2,(H,20,23,24). The van der Waals surface area contributed by atoms with E-state index in [0.717, 1.165) is 34.6 Å². The Morgan fingerprint density at radius 3 is 2.93 bits per heavy atom. The minimum Gasteiger partial charge on any atom is -0.489 e. The Balaban J connectivity index is 1.50. The topological polar surface area (TPSA) is 86.5 Å². The van der Waals surface area contributed by atoms with E-state index in [4.69, 9.17) is 9.47 Å². The Morgan fingerprint density at radius 2 is 1.93 bits per heavy atom. The molecule has 1 aliphatic rings. The van der Waals surface area contributed by atoms with Gasteiger partial charge in [0.2, 0.25) is 5.95 Å². The van der Waals surface area contributed by atoms with Crippen molar-refractivity contribution in [3.8, 4) is 22.8 Å². The summed E-state index contributed by atoms with van der Waals surface area (Å²) >= 11 is 0. The molecule has 5 rings (SSSR count). The molecule has 4 aromatic rings. The summed E-state index contributed by atoms with van der Waals surface area (Å²) in [5.74, 6) is 1.88. The minimum absolute atomic E-state index is 0.469. The fraction of sp³-hybridized carbons (Fsp3) is 0.158. The van der Waals surface area contributed by atoms with Crippen LogP contribution < -0.4 is 14.8 Å². The van der Waals surface area contributed by atoms with Crippen molar-refractivity contribution in [2.75, 3.05) is 18.5 Å². The van der Waals surface area contributed by atoms with Gasteiger partial charge in [0.1, 0.15) is 0 Å². The molecule has 0 saturated carbocycles. The van der Waals surface area contributed by atoms with Crippen LogP contribution in [0.4, 0.5) is 11.6 Å². The van der Waals surface area contributed by atoms with E-state index in [1.54, 1.807) is 23.2 Å². The summed E-state index contributed by atoms with van der Waals surface area (Å²) in [4.78, 5) is 8.97. The van der Waals surface area contributed by atoms with Gasteiger partial charge in [0.05, 0.1) is 36.3 Å². The van der Waals surface area contributed by atoms with Crippen LogP contribution >= 0.6 is 0 Å². The van der Waals surface area contributed by atoms with Gasteiger partial charge in [0.25, 0.3) is 0 Å². The van der Waals surface area contributed by atoms with Crippen LogP contribution in [0.5, 0.6) is 11.5 Å². The number of fused-ring (bicyclic) bond motifs is 2. The molecule has 27 heavy (non-hydrogen) atoms. The molecule has 0 unspecified atom stereocenters. The molecule has 0 saturated heterocycles. The molecule has 8 nitrogen and oxygen atoms in total. The zero-order valence-corrected chi connectivity index (χ0v) is 14.4. The number of nitrogens with zero attached hydrogens (tertiary/aromatic N) is 5. The molecule has 1 N–H and O–H groups in total. The highest BCUT2D eigenvalue weighted by Gasteiger charge is 2.16. The normalized spacial score (nSPS) is 13.3. The molecule has 0 spiro atoms. The molecule has 1 aliphatic heterocycles. The van der Waals surface area contributed by atoms with Crippen molar-refractivity contribution in [1.82, 2.24) is 24.8 Å². The Hall–Kier alpha value is -3.68. The minimum atomic E-state index is 0.469. The van der Waals surface area contributed by atoms with Gasteiger partial charge >= 0.3 is 0 Å². The van der Waals surface area contributed by atoms with E-state index in [9.17, 15) is 0 Å². The predicted molar refractivity (Wildman–Crippen MR) is 99.3 cm³/mol. The van der Waals surface area contributed by atoms with E-state index in [1.807, 2.05) is 36.4 Å². The van der Waals surface area contributed by atoms with Crippen LogP contribution in [-0.2, 0) is 0 Å². The maximum atomic E-state index is 5.85. The quantitative estimate of drug-likeness (QED) is 0.601. The summed E-state index contributed by atoms with van der Waals surface area (Å²) in [7, 11) is 0.